The average Bonchev–Trinajstić information content (AvgIpc) is 3.51. The van der Waals surface area contributed by atoms with Gasteiger partial charge in [0.1, 0.15) is 15.8 Å². The van der Waals surface area contributed by atoms with Crippen molar-refractivity contribution >= 4 is 62.8 Å². The van der Waals surface area contributed by atoms with Crippen LogP contribution in [0.2, 0.25) is 0 Å². The van der Waals surface area contributed by atoms with E-state index < -0.39 is 5.97 Å². The van der Waals surface area contributed by atoms with Crippen LogP contribution in [0, 0.1) is 0 Å². The number of carbonyl (C=O) groups is 2. The number of nitrogen functional groups attached to an aromatic ring is 1. The lowest BCUT2D eigenvalue weighted by molar-refractivity contribution is -0.122. The van der Waals surface area contributed by atoms with Crippen LogP contribution in [0.3, 0.4) is 0 Å². The number of nitrogens with two attached hydrogens (primary N) is 1. The number of amides is 1. The molecule has 0 spiro atoms. The number of ether oxygens (including phenoxy) is 2. The highest BCUT2D eigenvalue weighted by molar-refractivity contribution is 8.26. The molecule has 0 aliphatic carbocycles. The van der Waals surface area contributed by atoms with Crippen molar-refractivity contribution in [2.75, 3.05) is 26.0 Å². The maximum Gasteiger partial charge on any atom is 0.335 e. The van der Waals surface area contributed by atoms with E-state index in [9.17, 15) is 9.59 Å². The summed E-state index contributed by atoms with van der Waals surface area (Å²) in [6.45, 7) is 0.776. The molecule has 2 heterocycles. The number of hydrogen-bond donors (Lipinski definition) is 3. The van der Waals surface area contributed by atoms with Crippen molar-refractivity contribution < 1.29 is 24.2 Å². The predicted octanol–water partition coefficient (Wildman–Crippen LogP) is 5.79. The minimum absolute atomic E-state index is 0.147. The molecular formula is C29H25N3O5S2. The number of fused-ring (bicyclic) bond motifs is 1. The molecule has 8 nitrogen and oxygen atoms in total. The van der Waals surface area contributed by atoms with Crippen LogP contribution in [-0.2, 0) is 4.79 Å². The third-order valence-corrected chi connectivity index (χ3v) is 7.67. The van der Waals surface area contributed by atoms with Crippen LogP contribution in [0.1, 0.15) is 22.3 Å². The molecule has 1 amide bonds. The van der Waals surface area contributed by atoms with Gasteiger partial charge in [0, 0.05) is 23.7 Å². The van der Waals surface area contributed by atoms with Crippen LogP contribution in [0.4, 0.5) is 5.69 Å². The number of hydrogen-bond acceptors (Lipinski definition) is 7. The van der Waals surface area contributed by atoms with Gasteiger partial charge in [-0.05, 0) is 78.2 Å². The van der Waals surface area contributed by atoms with Gasteiger partial charge in [0.25, 0.3) is 5.91 Å². The van der Waals surface area contributed by atoms with Crippen LogP contribution in [0.5, 0.6) is 11.5 Å². The normalized spacial score (nSPS) is 14.4. The highest BCUT2D eigenvalue weighted by Crippen LogP contribution is 2.37. The summed E-state index contributed by atoms with van der Waals surface area (Å²) in [5.74, 6) is 0.133. The van der Waals surface area contributed by atoms with Gasteiger partial charge in [-0.2, -0.15) is 0 Å². The lowest BCUT2D eigenvalue weighted by Gasteiger charge is -2.14. The zero-order valence-electron chi connectivity index (χ0n) is 21.0. The molecule has 0 radical (unpaired) electrons. The Labute approximate surface area is 234 Å². The SMILES string of the molecule is COc1ccc(C=C2SC(=S)N(CCCOc3ccc(C(=O)O)cc3)C2=O)cc1-c1cc(N)c2[nH]ccc2c1. The van der Waals surface area contributed by atoms with E-state index in [4.69, 9.17) is 32.5 Å². The van der Waals surface area contributed by atoms with Crippen LogP contribution in [0.15, 0.2) is 71.8 Å². The predicted molar refractivity (Wildman–Crippen MR) is 158 cm³/mol. The average molecular weight is 560 g/mol. The molecule has 5 rings (SSSR count). The molecule has 1 saturated heterocycles. The lowest BCUT2D eigenvalue weighted by atomic mass is 9.99. The van der Waals surface area contributed by atoms with Gasteiger partial charge in [-0.3, -0.25) is 9.69 Å². The number of aromatic amines is 1. The second kappa shape index (κ2) is 11.2. The van der Waals surface area contributed by atoms with Crippen molar-refractivity contribution in [1.29, 1.82) is 0 Å². The second-order valence-corrected chi connectivity index (χ2v) is 10.5. The van der Waals surface area contributed by atoms with Gasteiger partial charge in [0.15, 0.2) is 0 Å². The standard InChI is InChI=1S/C29H25N3O5S2/c1-36-24-8-3-17(13-22(24)20-15-19-9-10-31-26(19)23(30)16-20)14-25-27(33)32(29(38)39-25)11-2-12-37-21-6-4-18(5-7-21)28(34)35/h3-10,13-16,31H,2,11-12,30H2,1H3,(H,34,35). The molecule has 10 heteroatoms. The number of aromatic nitrogens is 1. The third-order valence-electron chi connectivity index (χ3n) is 6.29. The van der Waals surface area contributed by atoms with Crippen LogP contribution in [0.25, 0.3) is 28.1 Å². The molecule has 1 fully saturated rings. The molecule has 4 N–H and O–H groups in total. The number of benzene rings is 3. The Morgan fingerprint density at radius 2 is 1.95 bits per heavy atom. The summed E-state index contributed by atoms with van der Waals surface area (Å²) in [5.41, 5.74) is 10.6. The van der Waals surface area contributed by atoms with Crippen molar-refractivity contribution in [3.63, 3.8) is 0 Å². The Morgan fingerprint density at radius 1 is 1.15 bits per heavy atom. The zero-order chi connectivity index (χ0) is 27.5. The monoisotopic (exact) mass is 559 g/mol. The summed E-state index contributed by atoms with van der Waals surface area (Å²) >= 11 is 6.75. The number of nitrogens with zero attached hydrogens (tertiary/aromatic N) is 1. The summed E-state index contributed by atoms with van der Waals surface area (Å²) in [5, 5.41) is 9.99. The molecule has 3 aromatic carbocycles. The van der Waals surface area contributed by atoms with Crippen LogP contribution >= 0.6 is 24.0 Å². The van der Waals surface area contributed by atoms with Crippen molar-refractivity contribution in [1.82, 2.24) is 9.88 Å². The first-order chi connectivity index (χ1) is 18.8. The molecule has 1 aliphatic heterocycles. The van der Waals surface area contributed by atoms with E-state index in [1.165, 1.54) is 23.9 Å². The number of anilines is 1. The Hall–Kier alpha value is -4.28. The first kappa shape index (κ1) is 26.3. The first-order valence-electron chi connectivity index (χ1n) is 12.1. The summed E-state index contributed by atoms with van der Waals surface area (Å²) < 4.78 is 11.8. The number of carboxylic acids is 1. The van der Waals surface area contributed by atoms with Crippen molar-refractivity contribution in [3.8, 4) is 22.6 Å². The zero-order valence-corrected chi connectivity index (χ0v) is 22.6. The first-order valence-corrected chi connectivity index (χ1v) is 13.3. The second-order valence-electron chi connectivity index (χ2n) is 8.83. The van der Waals surface area contributed by atoms with E-state index in [2.05, 4.69) is 4.98 Å². The quantitative estimate of drug-likeness (QED) is 0.102. The highest BCUT2D eigenvalue weighted by Gasteiger charge is 2.31. The topological polar surface area (TPSA) is 118 Å². The number of methoxy groups -OCH3 is 1. The molecule has 4 aromatic rings. The molecule has 0 bridgehead atoms. The van der Waals surface area contributed by atoms with Crippen LogP contribution in [-0.4, -0.2) is 51.4 Å². The van der Waals surface area contributed by atoms with E-state index in [0.717, 1.165) is 27.6 Å². The Morgan fingerprint density at radius 3 is 2.69 bits per heavy atom. The highest BCUT2D eigenvalue weighted by atomic mass is 32.2. The van der Waals surface area contributed by atoms with Crippen LogP contribution < -0.4 is 15.2 Å². The van der Waals surface area contributed by atoms with Gasteiger partial charge < -0.3 is 25.3 Å². The molecule has 1 aliphatic rings. The number of aromatic carboxylic acids is 1. The van der Waals surface area contributed by atoms with Crippen molar-refractivity contribution in [3.05, 3.63) is 82.9 Å². The van der Waals surface area contributed by atoms with Gasteiger partial charge in [-0.25, -0.2) is 4.79 Å². The minimum atomic E-state index is -0.988. The minimum Gasteiger partial charge on any atom is -0.496 e. The van der Waals surface area contributed by atoms with E-state index in [0.29, 0.717) is 46.0 Å². The fourth-order valence-corrected chi connectivity index (χ4v) is 5.66. The smallest absolute Gasteiger partial charge is 0.335 e. The summed E-state index contributed by atoms with van der Waals surface area (Å²) in [4.78, 5) is 29.4. The fraction of sp³-hybridized carbons (Fsp3) is 0.138. The number of thiocarbonyl (C=S) groups is 1. The van der Waals surface area contributed by atoms with Gasteiger partial charge in [-0.15, -0.1) is 0 Å². The van der Waals surface area contributed by atoms with Gasteiger partial charge in [0.2, 0.25) is 0 Å². The summed E-state index contributed by atoms with van der Waals surface area (Å²) in [6.07, 6.45) is 4.25. The maximum atomic E-state index is 13.1. The maximum absolute atomic E-state index is 13.1. The van der Waals surface area contributed by atoms with E-state index in [1.807, 2.05) is 48.7 Å². The van der Waals surface area contributed by atoms with E-state index >= 15 is 0 Å². The van der Waals surface area contributed by atoms with Crippen molar-refractivity contribution in [2.24, 2.45) is 0 Å². The Balaban J connectivity index is 1.27. The number of carboxylic acid groups (broad SMARTS) is 1. The number of thioether (sulfide) groups is 1. The molecule has 0 unspecified atom stereocenters. The fourth-order valence-electron chi connectivity index (χ4n) is 4.35. The summed E-state index contributed by atoms with van der Waals surface area (Å²) in [7, 11) is 1.62. The van der Waals surface area contributed by atoms with E-state index in [-0.39, 0.29) is 11.5 Å². The third kappa shape index (κ3) is 5.62. The molecule has 0 atom stereocenters. The number of nitrogens with one attached hydrogen (secondary N) is 1. The summed E-state index contributed by atoms with van der Waals surface area (Å²) in [6, 6.07) is 17.9. The number of rotatable bonds is 9. The Bertz CT molecular complexity index is 1610. The number of carbonyl (C=O) groups excluding carboxylic acids is 1. The molecule has 39 heavy (non-hydrogen) atoms. The molecule has 198 valence electrons. The number of H-pyrrole nitrogens is 1. The van der Waals surface area contributed by atoms with Gasteiger partial charge in [0.05, 0.1) is 35.4 Å². The van der Waals surface area contributed by atoms with E-state index in [1.54, 1.807) is 24.1 Å². The van der Waals surface area contributed by atoms with Gasteiger partial charge >= 0.3 is 5.97 Å². The molecule has 1 aromatic heterocycles. The molecule has 0 saturated carbocycles. The molecular weight excluding hydrogens is 534 g/mol. The Kier molecular flexibility index (Phi) is 7.58. The van der Waals surface area contributed by atoms with Gasteiger partial charge in [-0.1, -0.05) is 30.0 Å². The van der Waals surface area contributed by atoms with Crippen molar-refractivity contribution in [2.45, 2.75) is 6.42 Å². The largest absolute Gasteiger partial charge is 0.496 e. The lowest BCUT2D eigenvalue weighted by Crippen LogP contribution is -2.29.